The molecule has 3 rings (SSSR count). The molecule has 1 fully saturated rings. The molecule has 0 spiro atoms. The molecule has 2 unspecified atom stereocenters. The molecule has 1 aromatic carbocycles. The minimum atomic E-state index is -0.0211. The standard InChI is InChI=1S/C17H25NO2/c1-17(20-2)10-5-11-18(12-17)15-8-3-7-14-13(15)6-4-9-16(14)19/h4,6,9,15,19H,3,5,7-8,10-12H2,1-2H3. The summed E-state index contributed by atoms with van der Waals surface area (Å²) in [4.78, 5) is 2.56. The Bertz CT molecular complexity index is 488. The minimum Gasteiger partial charge on any atom is -0.508 e. The van der Waals surface area contributed by atoms with E-state index in [0.717, 1.165) is 37.9 Å². The van der Waals surface area contributed by atoms with Crippen molar-refractivity contribution in [2.24, 2.45) is 0 Å². The van der Waals surface area contributed by atoms with E-state index in [1.54, 1.807) is 0 Å². The molecule has 1 aliphatic carbocycles. The minimum absolute atomic E-state index is 0.0211. The van der Waals surface area contributed by atoms with Crippen molar-refractivity contribution >= 4 is 0 Å². The van der Waals surface area contributed by atoms with Gasteiger partial charge in [0, 0.05) is 19.7 Å². The van der Waals surface area contributed by atoms with Gasteiger partial charge in [0.05, 0.1) is 5.60 Å². The van der Waals surface area contributed by atoms with Crippen LogP contribution in [0, 0.1) is 0 Å². The van der Waals surface area contributed by atoms with E-state index in [9.17, 15) is 5.11 Å². The maximum Gasteiger partial charge on any atom is 0.119 e. The van der Waals surface area contributed by atoms with E-state index in [4.69, 9.17) is 4.74 Å². The van der Waals surface area contributed by atoms with Gasteiger partial charge in [-0.05, 0) is 62.8 Å². The van der Waals surface area contributed by atoms with Gasteiger partial charge in [0.25, 0.3) is 0 Å². The van der Waals surface area contributed by atoms with Crippen LogP contribution in [0.4, 0.5) is 0 Å². The van der Waals surface area contributed by atoms with Gasteiger partial charge in [-0.2, -0.15) is 0 Å². The first-order valence-electron chi connectivity index (χ1n) is 7.73. The molecule has 1 N–H and O–H groups in total. The average molecular weight is 275 g/mol. The Morgan fingerprint density at radius 3 is 3.00 bits per heavy atom. The lowest BCUT2D eigenvalue weighted by Crippen LogP contribution is -2.49. The van der Waals surface area contributed by atoms with Crippen LogP contribution in [0.15, 0.2) is 18.2 Å². The third-order valence-corrected chi connectivity index (χ3v) is 5.07. The fourth-order valence-corrected chi connectivity index (χ4v) is 3.86. The molecular weight excluding hydrogens is 250 g/mol. The van der Waals surface area contributed by atoms with Gasteiger partial charge in [0.1, 0.15) is 5.75 Å². The lowest BCUT2D eigenvalue weighted by molar-refractivity contribution is -0.0633. The van der Waals surface area contributed by atoms with Crippen molar-refractivity contribution in [1.82, 2.24) is 4.90 Å². The molecule has 110 valence electrons. The van der Waals surface area contributed by atoms with Crippen molar-refractivity contribution < 1.29 is 9.84 Å². The van der Waals surface area contributed by atoms with Crippen molar-refractivity contribution in [3.8, 4) is 5.75 Å². The highest BCUT2D eigenvalue weighted by atomic mass is 16.5. The first kappa shape index (κ1) is 13.9. The first-order chi connectivity index (χ1) is 9.63. The van der Waals surface area contributed by atoms with E-state index in [0.29, 0.717) is 11.8 Å². The van der Waals surface area contributed by atoms with E-state index in [2.05, 4.69) is 17.9 Å². The van der Waals surface area contributed by atoms with Crippen LogP contribution in [0.3, 0.4) is 0 Å². The molecule has 1 heterocycles. The fraction of sp³-hybridized carbons (Fsp3) is 0.647. The lowest BCUT2D eigenvalue weighted by atomic mass is 9.84. The molecule has 0 saturated carbocycles. The van der Waals surface area contributed by atoms with Gasteiger partial charge in [-0.3, -0.25) is 4.90 Å². The summed E-state index contributed by atoms with van der Waals surface area (Å²) in [5.74, 6) is 0.471. The summed E-state index contributed by atoms with van der Waals surface area (Å²) in [6, 6.07) is 6.43. The second-order valence-electron chi connectivity index (χ2n) is 6.48. The van der Waals surface area contributed by atoms with Crippen LogP contribution < -0.4 is 0 Å². The number of hydrogen-bond acceptors (Lipinski definition) is 3. The molecule has 20 heavy (non-hydrogen) atoms. The quantitative estimate of drug-likeness (QED) is 0.899. The molecule has 0 amide bonds. The molecule has 1 aromatic rings. The van der Waals surface area contributed by atoms with Gasteiger partial charge in [-0.15, -0.1) is 0 Å². The Morgan fingerprint density at radius 1 is 1.35 bits per heavy atom. The number of methoxy groups -OCH3 is 1. The highest BCUT2D eigenvalue weighted by Crippen LogP contribution is 2.40. The van der Waals surface area contributed by atoms with E-state index in [-0.39, 0.29) is 5.60 Å². The number of nitrogens with zero attached hydrogens (tertiary/aromatic N) is 1. The second-order valence-corrected chi connectivity index (χ2v) is 6.48. The zero-order valence-electron chi connectivity index (χ0n) is 12.6. The van der Waals surface area contributed by atoms with Gasteiger partial charge in [-0.25, -0.2) is 0 Å². The third kappa shape index (κ3) is 2.45. The summed E-state index contributed by atoms with van der Waals surface area (Å²) in [5.41, 5.74) is 2.47. The predicted octanol–water partition coefficient (Wildman–Crippen LogP) is 3.27. The molecule has 3 nitrogen and oxygen atoms in total. The molecule has 2 atom stereocenters. The van der Waals surface area contributed by atoms with Crippen LogP contribution in [-0.2, 0) is 11.2 Å². The molecule has 2 aliphatic rings. The monoisotopic (exact) mass is 275 g/mol. The summed E-state index contributed by atoms with van der Waals surface area (Å²) < 4.78 is 5.72. The Morgan fingerprint density at radius 2 is 2.20 bits per heavy atom. The van der Waals surface area contributed by atoms with Gasteiger partial charge in [-0.1, -0.05) is 12.1 Å². The van der Waals surface area contributed by atoms with Gasteiger partial charge < -0.3 is 9.84 Å². The summed E-state index contributed by atoms with van der Waals surface area (Å²) in [5, 5.41) is 10.1. The number of ether oxygens (including phenoxy) is 1. The topological polar surface area (TPSA) is 32.7 Å². The molecule has 0 aromatic heterocycles. The largest absolute Gasteiger partial charge is 0.508 e. The highest BCUT2D eigenvalue weighted by molar-refractivity contribution is 5.42. The van der Waals surface area contributed by atoms with Crippen LogP contribution in [-0.4, -0.2) is 35.8 Å². The molecule has 1 saturated heterocycles. The van der Waals surface area contributed by atoms with Crippen molar-refractivity contribution in [2.75, 3.05) is 20.2 Å². The van der Waals surface area contributed by atoms with E-state index in [1.165, 1.54) is 18.4 Å². The van der Waals surface area contributed by atoms with Crippen LogP contribution in [0.1, 0.15) is 49.8 Å². The van der Waals surface area contributed by atoms with Crippen LogP contribution >= 0.6 is 0 Å². The Kier molecular flexibility index (Phi) is 3.74. The van der Waals surface area contributed by atoms with Crippen molar-refractivity contribution in [1.29, 1.82) is 0 Å². The lowest BCUT2D eigenvalue weighted by Gasteiger charge is -2.44. The maximum atomic E-state index is 10.1. The zero-order chi connectivity index (χ0) is 14.2. The number of rotatable bonds is 2. The summed E-state index contributed by atoms with van der Waals surface area (Å²) in [6.07, 6.45) is 5.69. The van der Waals surface area contributed by atoms with Crippen LogP contribution in [0.2, 0.25) is 0 Å². The smallest absolute Gasteiger partial charge is 0.119 e. The van der Waals surface area contributed by atoms with Crippen LogP contribution in [0.25, 0.3) is 0 Å². The number of piperidine rings is 1. The molecular formula is C17H25NO2. The van der Waals surface area contributed by atoms with Crippen molar-refractivity contribution in [3.63, 3.8) is 0 Å². The van der Waals surface area contributed by atoms with E-state index >= 15 is 0 Å². The Hall–Kier alpha value is -1.06. The normalized spacial score (nSPS) is 31.0. The number of aromatic hydroxyl groups is 1. The third-order valence-electron chi connectivity index (χ3n) is 5.07. The molecule has 0 bridgehead atoms. The maximum absolute atomic E-state index is 10.1. The van der Waals surface area contributed by atoms with Crippen molar-refractivity contribution in [3.05, 3.63) is 29.3 Å². The molecule has 3 heteroatoms. The second kappa shape index (κ2) is 5.38. The summed E-state index contributed by atoms with van der Waals surface area (Å²) in [6.45, 7) is 4.34. The summed E-state index contributed by atoms with van der Waals surface area (Å²) >= 11 is 0. The zero-order valence-corrected chi connectivity index (χ0v) is 12.6. The molecule has 1 aliphatic heterocycles. The van der Waals surface area contributed by atoms with Gasteiger partial charge >= 0.3 is 0 Å². The predicted molar refractivity (Wildman–Crippen MR) is 80.0 cm³/mol. The number of benzene rings is 1. The first-order valence-corrected chi connectivity index (χ1v) is 7.73. The van der Waals surface area contributed by atoms with E-state index < -0.39 is 0 Å². The molecule has 0 radical (unpaired) electrons. The average Bonchev–Trinajstić information content (AvgIpc) is 2.47. The number of likely N-dealkylation sites (tertiary alicyclic amines) is 1. The number of hydrogen-bond donors (Lipinski definition) is 1. The van der Waals surface area contributed by atoms with E-state index in [1.807, 2.05) is 19.2 Å². The Balaban J connectivity index is 1.87. The SMILES string of the molecule is COC1(C)CCCN(C2CCCc3c(O)cccc32)C1. The summed E-state index contributed by atoms with van der Waals surface area (Å²) in [7, 11) is 1.82. The highest BCUT2D eigenvalue weighted by Gasteiger charge is 2.36. The number of phenolic OH excluding ortho intramolecular Hbond substituents is 1. The Labute approximate surface area is 121 Å². The number of fused-ring (bicyclic) bond motifs is 1. The van der Waals surface area contributed by atoms with Gasteiger partial charge in [0.2, 0.25) is 0 Å². The fourth-order valence-electron chi connectivity index (χ4n) is 3.86. The van der Waals surface area contributed by atoms with Crippen molar-refractivity contribution in [2.45, 2.75) is 50.7 Å². The van der Waals surface area contributed by atoms with Gasteiger partial charge in [0.15, 0.2) is 0 Å². The number of phenols is 1. The van der Waals surface area contributed by atoms with Crippen LogP contribution in [0.5, 0.6) is 5.75 Å².